The molecule has 2 fully saturated rings. The molecule has 1 aliphatic carbocycles. The molecule has 0 bridgehead atoms. The Labute approximate surface area is 149 Å². The van der Waals surface area contributed by atoms with Gasteiger partial charge in [-0.05, 0) is 37.3 Å². The molecule has 0 aromatic carbocycles. The lowest BCUT2D eigenvalue weighted by Gasteiger charge is -2.32. The van der Waals surface area contributed by atoms with Gasteiger partial charge in [0.15, 0.2) is 0 Å². The summed E-state index contributed by atoms with van der Waals surface area (Å²) < 4.78 is 38.8. The highest BCUT2D eigenvalue weighted by Crippen LogP contribution is 2.47. The Morgan fingerprint density at radius 2 is 2.00 bits per heavy atom. The van der Waals surface area contributed by atoms with E-state index in [2.05, 4.69) is 6.92 Å². The maximum absolute atomic E-state index is 12.7. The van der Waals surface area contributed by atoms with Gasteiger partial charge in [0.05, 0.1) is 19.6 Å². The number of furan rings is 1. The van der Waals surface area contributed by atoms with Gasteiger partial charge in [0.1, 0.15) is 11.5 Å². The molecule has 0 N–H and O–H groups in total. The summed E-state index contributed by atoms with van der Waals surface area (Å²) in [6.45, 7) is 3.05. The minimum absolute atomic E-state index is 0.209. The molecule has 25 heavy (non-hydrogen) atoms. The van der Waals surface area contributed by atoms with Crippen LogP contribution in [0.15, 0.2) is 16.5 Å². The highest BCUT2D eigenvalue weighted by Gasteiger charge is 2.37. The average molecular weight is 370 g/mol. The third-order valence-electron chi connectivity index (χ3n) is 5.24. The number of hydrogen-bond acceptors (Lipinski definition) is 5. The fraction of sp³-hybridized carbons (Fsp3) is 0.706. The number of ether oxygens (including phenoxy) is 1. The van der Waals surface area contributed by atoms with Crippen LogP contribution in [0.4, 0.5) is 0 Å². The Bertz CT molecular complexity index is 721. The number of hydrogen-bond donors (Lipinski definition) is 0. The summed E-state index contributed by atoms with van der Waals surface area (Å²) in [5.74, 6) is 2.26. The Kier molecular flexibility index (Phi) is 5.22. The largest absolute Gasteiger partial charge is 0.469 e. The van der Waals surface area contributed by atoms with Gasteiger partial charge in [-0.25, -0.2) is 0 Å². The maximum atomic E-state index is 12.7. The molecule has 0 unspecified atom stereocenters. The van der Waals surface area contributed by atoms with Gasteiger partial charge in [0.2, 0.25) is 0 Å². The molecule has 2 heterocycles. The van der Waals surface area contributed by atoms with Crippen LogP contribution in [0.5, 0.6) is 0 Å². The zero-order valence-electron chi connectivity index (χ0n) is 15.0. The van der Waals surface area contributed by atoms with E-state index in [-0.39, 0.29) is 18.4 Å². The average Bonchev–Trinajstić information content (AvgIpc) is 3.15. The highest BCUT2D eigenvalue weighted by atomic mass is 32.2. The van der Waals surface area contributed by atoms with E-state index >= 15 is 0 Å². The topological polar surface area (TPSA) is 80.1 Å². The highest BCUT2D eigenvalue weighted by molar-refractivity contribution is 7.86. The van der Waals surface area contributed by atoms with E-state index in [1.54, 1.807) is 7.05 Å². The molecule has 0 radical (unpaired) electrons. The van der Waals surface area contributed by atoms with Crippen LogP contribution in [0, 0.1) is 11.8 Å². The molecular formula is C17H26N2O5S. The summed E-state index contributed by atoms with van der Waals surface area (Å²) in [4.78, 5) is 11.6. The summed E-state index contributed by atoms with van der Waals surface area (Å²) in [6.07, 6.45) is 2.12. The van der Waals surface area contributed by atoms with Crippen molar-refractivity contribution in [3.8, 4) is 0 Å². The molecule has 0 spiro atoms. The van der Waals surface area contributed by atoms with Crippen molar-refractivity contribution in [1.29, 1.82) is 0 Å². The minimum Gasteiger partial charge on any atom is -0.469 e. The summed E-state index contributed by atoms with van der Waals surface area (Å²) >= 11 is 0. The number of carbonyl (C=O) groups is 1. The summed E-state index contributed by atoms with van der Waals surface area (Å²) in [5.41, 5.74) is 0. The van der Waals surface area contributed by atoms with Gasteiger partial charge in [-0.15, -0.1) is 0 Å². The zero-order valence-corrected chi connectivity index (χ0v) is 15.8. The monoisotopic (exact) mass is 370 g/mol. The van der Waals surface area contributed by atoms with Gasteiger partial charge in [0, 0.05) is 26.1 Å². The first kappa shape index (κ1) is 18.4. The molecule has 0 amide bonds. The van der Waals surface area contributed by atoms with Crippen LogP contribution in [0.25, 0.3) is 0 Å². The van der Waals surface area contributed by atoms with E-state index in [9.17, 15) is 13.2 Å². The fourth-order valence-electron chi connectivity index (χ4n) is 3.38. The molecule has 1 saturated carbocycles. The maximum Gasteiger partial charge on any atom is 0.308 e. The Hall–Kier alpha value is -1.38. The molecule has 1 aliphatic heterocycles. The molecule has 8 heteroatoms. The van der Waals surface area contributed by atoms with Crippen LogP contribution in [-0.2, 0) is 26.3 Å². The lowest BCUT2D eigenvalue weighted by molar-refractivity contribution is -0.146. The van der Waals surface area contributed by atoms with Crippen LogP contribution in [0.3, 0.4) is 0 Å². The number of esters is 1. The summed E-state index contributed by atoms with van der Waals surface area (Å²) in [7, 11) is -0.648. The van der Waals surface area contributed by atoms with Crippen molar-refractivity contribution in [2.75, 3.05) is 27.2 Å². The minimum atomic E-state index is -3.57. The fourth-order valence-corrected chi connectivity index (χ4v) is 4.74. The normalized spacial score (nSPS) is 25.3. The predicted octanol–water partition coefficient (Wildman–Crippen LogP) is 1.96. The number of methoxy groups -OCH3 is 1. The van der Waals surface area contributed by atoms with Gasteiger partial charge in [-0.1, -0.05) is 6.92 Å². The Balaban J connectivity index is 1.58. The van der Waals surface area contributed by atoms with E-state index in [0.717, 1.165) is 12.2 Å². The van der Waals surface area contributed by atoms with Crippen LogP contribution < -0.4 is 0 Å². The summed E-state index contributed by atoms with van der Waals surface area (Å²) in [6, 6.07) is 3.81. The molecule has 1 saturated heterocycles. The van der Waals surface area contributed by atoms with Crippen molar-refractivity contribution in [2.45, 2.75) is 38.6 Å². The first-order chi connectivity index (χ1) is 11.8. The Morgan fingerprint density at radius 3 is 2.56 bits per heavy atom. The zero-order chi connectivity index (χ0) is 18.2. The predicted molar refractivity (Wildman–Crippen MR) is 91.9 cm³/mol. The van der Waals surface area contributed by atoms with Crippen LogP contribution in [0.2, 0.25) is 0 Å². The second-order valence-electron chi connectivity index (χ2n) is 7.08. The van der Waals surface area contributed by atoms with Crippen molar-refractivity contribution in [2.24, 2.45) is 11.8 Å². The first-order valence-electron chi connectivity index (χ1n) is 8.70. The molecule has 2 atom stereocenters. The summed E-state index contributed by atoms with van der Waals surface area (Å²) in [5, 5.41) is 0. The van der Waals surface area contributed by atoms with E-state index in [1.165, 1.54) is 15.7 Å². The van der Waals surface area contributed by atoms with Crippen molar-refractivity contribution >= 4 is 16.2 Å². The van der Waals surface area contributed by atoms with Gasteiger partial charge >= 0.3 is 5.97 Å². The molecule has 2 aliphatic rings. The molecule has 7 nitrogen and oxygen atoms in total. The smallest absolute Gasteiger partial charge is 0.308 e. The quantitative estimate of drug-likeness (QED) is 0.715. The van der Waals surface area contributed by atoms with Crippen LogP contribution >= 0.6 is 0 Å². The Morgan fingerprint density at radius 1 is 1.36 bits per heavy atom. The second kappa shape index (κ2) is 7.09. The number of piperidine rings is 1. The van der Waals surface area contributed by atoms with Gasteiger partial charge in [0.25, 0.3) is 10.2 Å². The molecule has 1 aromatic rings. The van der Waals surface area contributed by atoms with E-state index < -0.39 is 10.2 Å². The van der Waals surface area contributed by atoms with Crippen molar-refractivity contribution in [3.05, 3.63) is 23.7 Å². The number of rotatable bonds is 6. The van der Waals surface area contributed by atoms with Gasteiger partial charge in [-0.2, -0.15) is 17.0 Å². The number of nitrogens with zero attached hydrogens (tertiary/aromatic N) is 2. The van der Waals surface area contributed by atoms with E-state index in [0.29, 0.717) is 43.5 Å². The SMILES string of the molecule is COC(=O)C1CCN(S(=O)(=O)N(C)Cc2ccc([C@H]3C[C@@H]3C)o2)CC1. The van der Waals surface area contributed by atoms with E-state index in [1.807, 2.05) is 12.1 Å². The lowest BCUT2D eigenvalue weighted by atomic mass is 9.99. The standard InChI is InChI=1S/C17H26N2O5S/c1-12-10-15(12)16-5-4-14(24-16)11-18(2)25(21,22)19-8-6-13(7-9-19)17(20)23-3/h4-5,12-13,15H,6-11H2,1-3H3/t12-,15-/m0/s1. The molecular weight excluding hydrogens is 344 g/mol. The van der Waals surface area contributed by atoms with Gasteiger partial charge in [-0.3, -0.25) is 4.79 Å². The lowest BCUT2D eigenvalue weighted by Crippen LogP contribution is -2.46. The molecule has 1 aromatic heterocycles. The van der Waals surface area contributed by atoms with Crippen molar-refractivity contribution in [1.82, 2.24) is 8.61 Å². The first-order valence-corrected chi connectivity index (χ1v) is 10.1. The van der Waals surface area contributed by atoms with Gasteiger partial charge < -0.3 is 9.15 Å². The van der Waals surface area contributed by atoms with Crippen LogP contribution in [0.1, 0.15) is 43.6 Å². The molecule has 140 valence electrons. The third kappa shape index (κ3) is 3.91. The van der Waals surface area contributed by atoms with E-state index in [4.69, 9.17) is 9.15 Å². The molecule has 3 rings (SSSR count). The van der Waals surface area contributed by atoms with Crippen LogP contribution in [-0.4, -0.2) is 50.2 Å². The number of carbonyl (C=O) groups excluding carboxylic acids is 1. The van der Waals surface area contributed by atoms with Crippen molar-refractivity contribution in [3.63, 3.8) is 0 Å². The second-order valence-corrected chi connectivity index (χ2v) is 9.12. The third-order valence-corrected chi connectivity index (χ3v) is 7.18. The van der Waals surface area contributed by atoms with Crippen molar-refractivity contribution < 1.29 is 22.4 Å².